The molecule has 0 bridgehead atoms. The zero-order chi connectivity index (χ0) is 13.9. The van der Waals surface area contributed by atoms with Crippen molar-refractivity contribution in [1.82, 2.24) is 4.90 Å². The minimum atomic E-state index is -0.574. The number of rotatable bonds is 4. The van der Waals surface area contributed by atoms with Crippen LogP contribution in [0.3, 0.4) is 0 Å². The fourth-order valence-electron chi connectivity index (χ4n) is 2.80. The van der Waals surface area contributed by atoms with Crippen LogP contribution in [0.25, 0.3) is 0 Å². The Hall–Kier alpha value is -0.610. The van der Waals surface area contributed by atoms with Gasteiger partial charge in [-0.05, 0) is 25.5 Å². The lowest BCUT2D eigenvalue weighted by Crippen LogP contribution is -2.45. The van der Waals surface area contributed by atoms with E-state index in [2.05, 4.69) is 11.8 Å². The van der Waals surface area contributed by atoms with E-state index in [1.165, 1.54) is 0 Å². The van der Waals surface area contributed by atoms with E-state index in [0.717, 1.165) is 31.5 Å². The predicted molar refractivity (Wildman–Crippen MR) is 77.3 cm³/mol. The second-order valence-electron chi connectivity index (χ2n) is 5.84. The molecule has 2 atom stereocenters. The quantitative estimate of drug-likeness (QED) is 0.892. The topological polar surface area (TPSA) is 43.7 Å². The molecule has 0 amide bonds. The average Bonchev–Trinajstić information content (AvgIpc) is 2.39. The number of piperidine rings is 1. The van der Waals surface area contributed by atoms with Crippen LogP contribution in [0.2, 0.25) is 5.02 Å². The van der Waals surface area contributed by atoms with Crippen LogP contribution >= 0.6 is 11.6 Å². The van der Waals surface area contributed by atoms with Gasteiger partial charge in [0.25, 0.3) is 0 Å². The third kappa shape index (κ3) is 3.69. The fraction of sp³-hybridized carbons (Fsp3) is 0.600. The maximum Gasteiger partial charge on any atom is 0.0931 e. The molecule has 1 fully saturated rings. The van der Waals surface area contributed by atoms with Crippen molar-refractivity contribution < 1.29 is 10.2 Å². The van der Waals surface area contributed by atoms with E-state index in [1.54, 1.807) is 6.07 Å². The normalized spacial score (nSPS) is 26.3. The molecule has 0 radical (unpaired) electrons. The molecule has 106 valence electrons. The van der Waals surface area contributed by atoms with Gasteiger partial charge in [0, 0.05) is 35.7 Å². The summed E-state index contributed by atoms with van der Waals surface area (Å²) in [6, 6.07) is 7.41. The largest absolute Gasteiger partial charge is 0.396 e. The molecule has 0 aliphatic carbocycles. The van der Waals surface area contributed by atoms with Crippen molar-refractivity contribution in [3.05, 3.63) is 34.9 Å². The first-order valence-corrected chi connectivity index (χ1v) is 7.17. The molecule has 1 aliphatic rings. The third-order valence-corrected chi connectivity index (χ3v) is 4.28. The second kappa shape index (κ2) is 6.23. The second-order valence-corrected chi connectivity index (χ2v) is 6.25. The van der Waals surface area contributed by atoms with Crippen LogP contribution in [0.15, 0.2) is 24.3 Å². The van der Waals surface area contributed by atoms with Crippen molar-refractivity contribution in [3.8, 4) is 0 Å². The molecular weight excluding hydrogens is 262 g/mol. The molecular formula is C15H22ClNO2. The van der Waals surface area contributed by atoms with Gasteiger partial charge in [-0.25, -0.2) is 0 Å². The standard InChI is InChI=1S/C15H22ClNO2/c1-15(11-18)7-4-8-17(10-15)9-14(19)12-5-2-3-6-13(12)16/h2-3,5-6,14,18-19H,4,7-11H2,1H3. The molecule has 4 heteroatoms. The van der Waals surface area contributed by atoms with Crippen molar-refractivity contribution in [1.29, 1.82) is 0 Å². The maximum atomic E-state index is 10.3. The first kappa shape index (κ1) is 14.8. The molecule has 2 unspecified atom stereocenters. The Bertz CT molecular complexity index is 426. The summed E-state index contributed by atoms with van der Waals surface area (Å²) in [6.07, 6.45) is 1.53. The Kier molecular flexibility index (Phi) is 4.85. The van der Waals surface area contributed by atoms with E-state index in [9.17, 15) is 10.2 Å². The minimum Gasteiger partial charge on any atom is -0.396 e. The zero-order valence-electron chi connectivity index (χ0n) is 11.3. The summed E-state index contributed by atoms with van der Waals surface area (Å²) in [5, 5.41) is 20.4. The van der Waals surface area contributed by atoms with Crippen molar-refractivity contribution in [2.45, 2.75) is 25.9 Å². The van der Waals surface area contributed by atoms with Gasteiger partial charge in [-0.2, -0.15) is 0 Å². The minimum absolute atomic E-state index is 0.0432. The number of aliphatic hydroxyl groups is 2. The Balaban J connectivity index is 1.99. The number of aliphatic hydroxyl groups excluding tert-OH is 2. The molecule has 19 heavy (non-hydrogen) atoms. The van der Waals surface area contributed by atoms with E-state index < -0.39 is 6.10 Å². The molecule has 1 aliphatic heterocycles. The van der Waals surface area contributed by atoms with Gasteiger partial charge in [-0.1, -0.05) is 36.7 Å². The van der Waals surface area contributed by atoms with Crippen LogP contribution in [0.5, 0.6) is 0 Å². The highest BCUT2D eigenvalue weighted by Gasteiger charge is 2.31. The van der Waals surface area contributed by atoms with Crippen LogP contribution in [0.4, 0.5) is 0 Å². The van der Waals surface area contributed by atoms with Gasteiger partial charge in [0.05, 0.1) is 6.10 Å². The van der Waals surface area contributed by atoms with Gasteiger partial charge in [-0.3, -0.25) is 4.90 Å². The van der Waals surface area contributed by atoms with Crippen molar-refractivity contribution >= 4 is 11.6 Å². The summed E-state index contributed by atoms with van der Waals surface area (Å²) in [4.78, 5) is 2.22. The van der Waals surface area contributed by atoms with Crippen molar-refractivity contribution in [2.75, 3.05) is 26.2 Å². The van der Waals surface area contributed by atoms with Crippen LogP contribution in [-0.4, -0.2) is 41.4 Å². The van der Waals surface area contributed by atoms with Crippen LogP contribution in [0.1, 0.15) is 31.4 Å². The van der Waals surface area contributed by atoms with Gasteiger partial charge in [0.1, 0.15) is 0 Å². The van der Waals surface area contributed by atoms with E-state index in [4.69, 9.17) is 11.6 Å². The monoisotopic (exact) mass is 283 g/mol. The summed E-state index contributed by atoms with van der Waals surface area (Å²) in [5.74, 6) is 0. The Morgan fingerprint density at radius 1 is 1.42 bits per heavy atom. The highest BCUT2D eigenvalue weighted by molar-refractivity contribution is 6.31. The summed E-state index contributed by atoms with van der Waals surface area (Å²) < 4.78 is 0. The van der Waals surface area contributed by atoms with Crippen LogP contribution in [-0.2, 0) is 0 Å². The first-order valence-electron chi connectivity index (χ1n) is 6.80. The summed E-state index contributed by atoms with van der Waals surface area (Å²) >= 11 is 6.10. The van der Waals surface area contributed by atoms with E-state index in [1.807, 2.05) is 18.2 Å². The molecule has 1 saturated heterocycles. The lowest BCUT2D eigenvalue weighted by molar-refractivity contribution is 0.0211. The van der Waals surface area contributed by atoms with Crippen molar-refractivity contribution in [2.24, 2.45) is 5.41 Å². The lowest BCUT2D eigenvalue weighted by atomic mass is 9.82. The highest BCUT2D eigenvalue weighted by Crippen LogP contribution is 2.30. The fourth-order valence-corrected chi connectivity index (χ4v) is 3.06. The molecule has 1 aromatic rings. The number of likely N-dealkylation sites (tertiary alicyclic amines) is 1. The summed E-state index contributed by atoms with van der Waals surface area (Å²) in [6.45, 7) is 4.66. The van der Waals surface area contributed by atoms with E-state index in [-0.39, 0.29) is 12.0 Å². The highest BCUT2D eigenvalue weighted by atomic mass is 35.5. The van der Waals surface area contributed by atoms with Gasteiger partial charge < -0.3 is 10.2 Å². The molecule has 0 aromatic heterocycles. The molecule has 2 rings (SSSR count). The van der Waals surface area contributed by atoms with Gasteiger partial charge in [-0.15, -0.1) is 0 Å². The average molecular weight is 284 g/mol. The number of hydrogen-bond donors (Lipinski definition) is 2. The molecule has 0 spiro atoms. The molecule has 1 aromatic carbocycles. The first-order chi connectivity index (χ1) is 9.04. The third-order valence-electron chi connectivity index (χ3n) is 3.94. The van der Waals surface area contributed by atoms with Crippen LogP contribution in [0, 0.1) is 5.41 Å². The lowest BCUT2D eigenvalue weighted by Gasteiger charge is -2.40. The Morgan fingerprint density at radius 2 is 2.16 bits per heavy atom. The van der Waals surface area contributed by atoms with E-state index in [0.29, 0.717) is 11.6 Å². The smallest absolute Gasteiger partial charge is 0.0931 e. The predicted octanol–water partition coefficient (Wildman–Crippen LogP) is 2.47. The summed E-state index contributed by atoms with van der Waals surface area (Å²) in [7, 11) is 0. The van der Waals surface area contributed by atoms with Crippen molar-refractivity contribution in [3.63, 3.8) is 0 Å². The Morgan fingerprint density at radius 3 is 2.84 bits per heavy atom. The SMILES string of the molecule is CC1(CO)CCCN(CC(O)c2ccccc2Cl)C1. The number of nitrogens with zero attached hydrogens (tertiary/aromatic N) is 1. The molecule has 3 nitrogen and oxygen atoms in total. The number of β-amino-alcohol motifs (C(OH)–C–C–N with tert-alkyl or cyclic N) is 1. The van der Waals surface area contributed by atoms with Gasteiger partial charge in [0.2, 0.25) is 0 Å². The van der Waals surface area contributed by atoms with Gasteiger partial charge >= 0.3 is 0 Å². The molecule has 0 saturated carbocycles. The van der Waals surface area contributed by atoms with Gasteiger partial charge in [0.15, 0.2) is 0 Å². The zero-order valence-corrected chi connectivity index (χ0v) is 12.1. The number of hydrogen-bond acceptors (Lipinski definition) is 3. The molecule has 2 N–H and O–H groups in total. The molecule has 1 heterocycles. The summed E-state index contributed by atoms with van der Waals surface area (Å²) in [5.41, 5.74) is 0.735. The van der Waals surface area contributed by atoms with Crippen LogP contribution < -0.4 is 0 Å². The number of halogens is 1. The van der Waals surface area contributed by atoms with E-state index >= 15 is 0 Å². The number of benzene rings is 1. The Labute approximate surface area is 119 Å². The maximum absolute atomic E-state index is 10.3.